The molecule has 2 heterocycles. The van der Waals surface area contributed by atoms with Crippen molar-refractivity contribution in [3.63, 3.8) is 0 Å². The molecule has 8 nitrogen and oxygen atoms in total. The third kappa shape index (κ3) is 6.56. The minimum absolute atomic E-state index is 0.110. The molecule has 254 valence electrons. The molecule has 6 rings (SSSR count). The highest BCUT2D eigenvalue weighted by Gasteiger charge is 2.67. The standard InChI is InChI=1S/C39H42FN3O5Si/c1-28-37(49(2,3)40)35(24-36(46)41(21-22-44)25-29-13-7-4-8-14-29)48-39(28)33-23-32(43(27-45)31-17-11-6-12-18-31)19-20-34(33)42(38(39)47)26-30-15-9-5-10-16-30/h4-20,23,27-28,35,37,44H,21-22,24-26H2,1-3H3/t28-,35+,37-,39+/m1/s1. The van der Waals surface area contributed by atoms with Gasteiger partial charge in [-0.2, -0.15) is 0 Å². The van der Waals surface area contributed by atoms with Crippen molar-refractivity contribution in [3.8, 4) is 0 Å². The lowest BCUT2D eigenvalue weighted by molar-refractivity contribution is -0.150. The summed E-state index contributed by atoms with van der Waals surface area (Å²) in [5, 5.41) is 9.83. The van der Waals surface area contributed by atoms with Crippen molar-refractivity contribution < 1.29 is 28.3 Å². The summed E-state index contributed by atoms with van der Waals surface area (Å²) >= 11 is 0. The van der Waals surface area contributed by atoms with Gasteiger partial charge in [0, 0.05) is 41.5 Å². The monoisotopic (exact) mass is 679 g/mol. The van der Waals surface area contributed by atoms with Crippen LogP contribution in [0.15, 0.2) is 109 Å². The molecule has 4 aromatic carbocycles. The molecule has 0 radical (unpaired) electrons. The van der Waals surface area contributed by atoms with E-state index in [0.717, 1.165) is 17.5 Å². The molecule has 10 heteroatoms. The summed E-state index contributed by atoms with van der Waals surface area (Å²) in [5.74, 6) is -1.23. The van der Waals surface area contributed by atoms with Crippen LogP contribution in [0.25, 0.3) is 0 Å². The fourth-order valence-corrected chi connectivity index (χ4v) is 10.2. The Labute approximate surface area is 287 Å². The molecule has 2 aliphatic rings. The van der Waals surface area contributed by atoms with Gasteiger partial charge in [-0.15, -0.1) is 0 Å². The van der Waals surface area contributed by atoms with Gasteiger partial charge in [-0.25, -0.2) is 0 Å². The highest BCUT2D eigenvalue weighted by atomic mass is 28.4. The Hall–Kier alpha value is -4.64. The molecular formula is C39H42FN3O5Si. The molecule has 1 spiro atoms. The number of aliphatic hydroxyl groups excluding tert-OH is 1. The van der Waals surface area contributed by atoms with E-state index < -0.39 is 31.6 Å². The van der Waals surface area contributed by atoms with Crippen LogP contribution in [0.1, 0.15) is 30.0 Å². The normalized spacial score (nSPS) is 21.5. The number of hydrogen-bond acceptors (Lipinski definition) is 5. The smallest absolute Gasteiger partial charge is 0.264 e. The van der Waals surface area contributed by atoms with Crippen LogP contribution in [0.3, 0.4) is 0 Å². The lowest BCUT2D eigenvalue weighted by Crippen LogP contribution is -2.45. The van der Waals surface area contributed by atoms with Gasteiger partial charge in [0.1, 0.15) is 0 Å². The molecule has 0 aromatic heterocycles. The van der Waals surface area contributed by atoms with Crippen LogP contribution in [0.2, 0.25) is 18.6 Å². The number of carbonyl (C=O) groups is 3. The van der Waals surface area contributed by atoms with Gasteiger partial charge >= 0.3 is 0 Å². The predicted octanol–water partition coefficient (Wildman–Crippen LogP) is 6.71. The van der Waals surface area contributed by atoms with Crippen LogP contribution in [-0.2, 0) is 37.8 Å². The third-order valence-corrected chi connectivity index (χ3v) is 12.3. The van der Waals surface area contributed by atoms with Crippen LogP contribution in [0, 0.1) is 5.92 Å². The Bertz CT molecular complexity index is 1790. The lowest BCUT2D eigenvalue weighted by atomic mass is 9.82. The zero-order valence-electron chi connectivity index (χ0n) is 28.0. The van der Waals surface area contributed by atoms with Crippen LogP contribution < -0.4 is 9.80 Å². The molecule has 4 aromatic rings. The summed E-state index contributed by atoms with van der Waals surface area (Å²) in [6.07, 6.45) is -0.305. The summed E-state index contributed by atoms with van der Waals surface area (Å²) in [6, 6.07) is 33.7. The van der Waals surface area contributed by atoms with Crippen LogP contribution >= 0.6 is 0 Å². The van der Waals surface area contributed by atoms with E-state index in [1.165, 1.54) is 4.90 Å². The number of carbonyl (C=O) groups excluding carboxylic acids is 3. The molecule has 0 saturated carbocycles. The van der Waals surface area contributed by atoms with Gasteiger partial charge < -0.3 is 23.8 Å². The Morgan fingerprint density at radius 2 is 1.55 bits per heavy atom. The Morgan fingerprint density at radius 3 is 2.14 bits per heavy atom. The van der Waals surface area contributed by atoms with Crippen molar-refractivity contribution in [3.05, 3.63) is 126 Å². The summed E-state index contributed by atoms with van der Waals surface area (Å²) in [4.78, 5) is 46.0. The number of amides is 3. The van der Waals surface area contributed by atoms with Crippen molar-refractivity contribution in [2.75, 3.05) is 23.0 Å². The number of halogens is 1. The maximum absolute atomic E-state index is 16.5. The van der Waals surface area contributed by atoms with E-state index in [1.807, 2.05) is 104 Å². The maximum atomic E-state index is 16.5. The highest BCUT2D eigenvalue weighted by molar-refractivity contribution is 6.72. The van der Waals surface area contributed by atoms with Crippen LogP contribution in [0.5, 0.6) is 0 Å². The van der Waals surface area contributed by atoms with E-state index in [1.54, 1.807) is 35.0 Å². The molecule has 1 N–H and O–H groups in total. The Balaban J connectivity index is 1.42. The Morgan fingerprint density at radius 1 is 0.939 bits per heavy atom. The largest absolute Gasteiger partial charge is 0.395 e. The number of aliphatic hydroxyl groups is 1. The molecule has 3 amide bonds. The van der Waals surface area contributed by atoms with Gasteiger partial charge in [0.05, 0.1) is 31.4 Å². The Kier molecular flexibility index (Phi) is 9.83. The zero-order chi connectivity index (χ0) is 34.8. The average Bonchev–Trinajstić information content (AvgIpc) is 3.52. The van der Waals surface area contributed by atoms with Crippen molar-refractivity contribution in [1.82, 2.24) is 4.90 Å². The first-order valence-electron chi connectivity index (χ1n) is 16.7. The number of para-hydroxylation sites is 1. The summed E-state index contributed by atoms with van der Waals surface area (Å²) < 4.78 is 23.4. The summed E-state index contributed by atoms with van der Waals surface area (Å²) in [5.41, 5.74) is 1.90. The summed E-state index contributed by atoms with van der Waals surface area (Å²) in [7, 11) is -3.56. The van der Waals surface area contributed by atoms with Crippen molar-refractivity contribution in [2.24, 2.45) is 5.92 Å². The molecule has 2 aliphatic heterocycles. The van der Waals surface area contributed by atoms with Crippen molar-refractivity contribution in [1.29, 1.82) is 0 Å². The first kappa shape index (κ1) is 34.2. The van der Waals surface area contributed by atoms with Crippen LogP contribution in [0.4, 0.5) is 21.2 Å². The second kappa shape index (κ2) is 14.1. The average molecular weight is 680 g/mol. The number of ether oxygens (including phenoxy) is 1. The van der Waals surface area contributed by atoms with Crippen molar-refractivity contribution in [2.45, 2.75) is 56.8 Å². The minimum atomic E-state index is -3.56. The maximum Gasteiger partial charge on any atom is 0.264 e. The molecule has 1 fully saturated rings. The van der Waals surface area contributed by atoms with Gasteiger partial charge in [-0.1, -0.05) is 85.8 Å². The number of hydrogen-bond donors (Lipinski definition) is 1. The fraction of sp³-hybridized carbons (Fsp3) is 0.308. The van der Waals surface area contributed by atoms with Gasteiger partial charge in [-0.3, -0.25) is 19.3 Å². The van der Waals surface area contributed by atoms with Gasteiger partial charge in [0.2, 0.25) is 20.7 Å². The number of nitrogens with zero attached hydrogens (tertiary/aromatic N) is 3. The van der Waals surface area contributed by atoms with E-state index in [9.17, 15) is 19.5 Å². The van der Waals surface area contributed by atoms with Crippen molar-refractivity contribution >= 4 is 43.7 Å². The third-order valence-electron chi connectivity index (χ3n) is 9.86. The predicted molar refractivity (Wildman–Crippen MR) is 190 cm³/mol. The molecule has 0 aliphatic carbocycles. The number of rotatable bonds is 12. The van der Waals surface area contributed by atoms with Gasteiger partial charge in [0.25, 0.3) is 5.91 Å². The minimum Gasteiger partial charge on any atom is -0.395 e. The van der Waals surface area contributed by atoms with Gasteiger partial charge in [-0.05, 0) is 54.6 Å². The molecular weight excluding hydrogens is 638 g/mol. The molecule has 49 heavy (non-hydrogen) atoms. The quantitative estimate of drug-likeness (QED) is 0.102. The lowest BCUT2D eigenvalue weighted by Gasteiger charge is -2.31. The number of anilines is 3. The molecule has 0 unspecified atom stereocenters. The van der Waals surface area contributed by atoms with E-state index >= 15 is 4.11 Å². The number of benzene rings is 4. The topological polar surface area (TPSA) is 90.4 Å². The van der Waals surface area contributed by atoms with E-state index in [-0.39, 0.29) is 44.5 Å². The second-order valence-electron chi connectivity index (χ2n) is 13.4. The second-order valence-corrected chi connectivity index (χ2v) is 17.2. The van der Waals surface area contributed by atoms with Gasteiger partial charge in [0.15, 0.2) is 5.60 Å². The highest BCUT2D eigenvalue weighted by Crippen LogP contribution is 2.61. The van der Waals surface area contributed by atoms with E-state index in [0.29, 0.717) is 22.6 Å². The molecule has 0 bridgehead atoms. The van der Waals surface area contributed by atoms with E-state index in [2.05, 4.69) is 0 Å². The number of fused-ring (bicyclic) bond motifs is 2. The van der Waals surface area contributed by atoms with Crippen LogP contribution in [-0.4, -0.2) is 55.9 Å². The zero-order valence-corrected chi connectivity index (χ0v) is 29.0. The van der Waals surface area contributed by atoms with E-state index in [4.69, 9.17) is 4.74 Å². The first-order chi connectivity index (χ1) is 23.6. The fourth-order valence-electron chi connectivity index (χ4n) is 7.69. The molecule has 1 saturated heterocycles. The SMILES string of the molecule is C[C@@H]1[C@@H]([Si](C)(C)F)[C@H](CC(=O)N(CCO)Cc2ccccc2)O[C@@]12C(=O)N(Cc1ccccc1)c1ccc(N(C=O)c3ccccc3)cc12. The first-order valence-corrected chi connectivity index (χ1v) is 19.6. The molecule has 4 atom stereocenters. The summed E-state index contributed by atoms with van der Waals surface area (Å²) in [6.45, 7) is 5.50.